The molecule has 0 aliphatic heterocycles. The number of nitrogens with zero attached hydrogens (tertiary/aromatic N) is 3. The Kier molecular flexibility index (Phi) is 4.98. The predicted octanol–water partition coefficient (Wildman–Crippen LogP) is 2.44. The topological polar surface area (TPSA) is 47.8 Å². The van der Waals surface area contributed by atoms with Crippen molar-refractivity contribution >= 4 is 38.6 Å². The van der Waals surface area contributed by atoms with Crippen LogP contribution in [0.15, 0.2) is 35.1 Å². The summed E-state index contributed by atoms with van der Waals surface area (Å²) in [5.41, 5.74) is 1.93. The number of rotatable bonds is 5. The normalized spacial score (nSPS) is 12.7. The van der Waals surface area contributed by atoms with E-state index in [9.17, 15) is 4.79 Å². The monoisotopic (exact) mass is 389 g/mol. The van der Waals surface area contributed by atoms with Gasteiger partial charge in [-0.15, -0.1) is 0 Å². The van der Waals surface area contributed by atoms with Crippen LogP contribution in [0.3, 0.4) is 0 Å². The van der Waals surface area contributed by atoms with Crippen LogP contribution in [0.4, 0.5) is 0 Å². The third kappa shape index (κ3) is 3.41. The van der Waals surface area contributed by atoms with Gasteiger partial charge in [0.1, 0.15) is 0 Å². The first-order valence-electron chi connectivity index (χ1n) is 7.69. The molecule has 0 aliphatic carbocycles. The van der Waals surface area contributed by atoms with Crippen molar-refractivity contribution in [3.8, 4) is 0 Å². The van der Waals surface area contributed by atoms with Crippen molar-refractivity contribution in [2.24, 2.45) is 5.92 Å². The van der Waals surface area contributed by atoms with Crippen LogP contribution in [0.1, 0.15) is 24.0 Å². The molecule has 0 bridgehead atoms. The van der Waals surface area contributed by atoms with Gasteiger partial charge in [-0.3, -0.25) is 0 Å². The van der Waals surface area contributed by atoms with E-state index < -0.39 is 0 Å². The molecule has 2 aromatic heterocycles. The molecule has 0 saturated carbocycles. The second-order valence-electron chi connectivity index (χ2n) is 5.90. The Bertz CT molecular complexity index is 873. The van der Waals surface area contributed by atoms with E-state index in [1.54, 1.807) is 16.9 Å². The van der Waals surface area contributed by atoms with Gasteiger partial charge in [0.05, 0.1) is 0 Å². The standard InChI is InChI=1S/C17H20AsN3OS/c1-11(9-18)8-14-19-16-15(12(2)20-23-16)17(22)21(14)10-13-6-4-3-5-7-13/h3-7,11H,8-10,18H2,1-2H3. The Hall–Kier alpha value is -1.45. The van der Waals surface area contributed by atoms with Crippen molar-refractivity contribution in [1.82, 2.24) is 13.9 Å². The van der Waals surface area contributed by atoms with Gasteiger partial charge in [0, 0.05) is 0 Å². The van der Waals surface area contributed by atoms with Crippen LogP contribution in [0, 0.1) is 12.8 Å². The van der Waals surface area contributed by atoms with Crippen LogP contribution >= 0.6 is 11.5 Å². The Balaban J connectivity index is 2.14. The van der Waals surface area contributed by atoms with Crippen LogP contribution in [0.25, 0.3) is 10.2 Å². The molecule has 2 heterocycles. The average molecular weight is 389 g/mol. The average Bonchev–Trinajstić information content (AvgIpc) is 2.93. The van der Waals surface area contributed by atoms with Gasteiger partial charge < -0.3 is 0 Å². The predicted molar refractivity (Wildman–Crippen MR) is 98.2 cm³/mol. The second-order valence-corrected chi connectivity index (χ2v) is 7.64. The molecule has 120 valence electrons. The zero-order valence-electron chi connectivity index (χ0n) is 13.3. The zero-order valence-corrected chi connectivity index (χ0v) is 16.6. The summed E-state index contributed by atoms with van der Waals surface area (Å²) < 4.78 is 6.15. The van der Waals surface area contributed by atoms with Crippen LogP contribution in [-0.4, -0.2) is 30.8 Å². The van der Waals surface area contributed by atoms with Crippen molar-refractivity contribution in [3.63, 3.8) is 0 Å². The van der Waals surface area contributed by atoms with Crippen LogP contribution in [-0.2, 0) is 13.0 Å². The SMILES string of the molecule is Cc1nsc2nc(CC(C)C[AsH2])n(Cc3ccccc3)c(=O)c12. The fraction of sp³-hybridized carbons (Fsp3) is 0.353. The van der Waals surface area contributed by atoms with Crippen LogP contribution in [0.5, 0.6) is 0 Å². The van der Waals surface area contributed by atoms with E-state index in [0.717, 1.165) is 33.5 Å². The third-order valence-corrected chi connectivity index (χ3v) is 6.48. The summed E-state index contributed by atoms with van der Waals surface area (Å²) in [4.78, 5) is 18.5. The molecule has 0 fully saturated rings. The van der Waals surface area contributed by atoms with E-state index in [1.165, 1.54) is 11.5 Å². The van der Waals surface area contributed by atoms with Gasteiger partial charge in [0.25, 0.3) is 0 Å². The molecule has 3 rings (SSSR count). The molecule has 0 radical (unpaired) electrons. The van der Waals surface area contributed by atoms with Gasteiger partial charge in [-0.05, 0) is 0 Å². The molecular formula is C17H20AsN3OS. The van der Waals surface area contributed by atoms with Gasteiger partial charge in [0.15, 0.2) is 0 Å². The molecule has 0 spiro atoms. The molecule has 4 nitrogen and oxygen atoms in total. The number of benzene rings is 1. The zero-order chi connectivity index (χ0) is 16.4. The number of hydrogen-bond donors (Lipinski definition) is 0. The van der Waals surface area contributed by atoms with Crippen LogP contribution < -0.4 is 5.56 Å². The minimum atomic E-state index is 0.0360. The summed E-state index contributed by atoms with van der Waals surface area (Å²) in [5.74, 6) is 1.40. The quantitative estimate of drug-likeness (QED) is 0.630. The summed E-state index contributed by atoms with van der Waals surface area (Å²) in [6.07, 6.45) is 0.827. The summed E-state index contributed by atoms with van der Waals surface area (Å²) in [6, 6.07) is 10.1. The Morgan fingerprint density at radius 2 is 2.04 bits per heavy atom. The molecular weight excluding hydrogens is 369 g/mol. The van der Waals surface area contributed by atoms with E-state index in [-0.39, 0.29) is 5.56 Å². The molecule has 0 N–H and O–H groups in total. The number of aryl methyl sites for hydroxylation is 1. The Morgan fingerprint density at radius 3 is 2.74 bits per heavy atom. The van der Waals surface area contributed by atoms with Gasteiger partial charge in [0.2, 0.25) is 0 Å². The first-order valence-corrected chi connectivity index (χ1v) is 10.2. The van der Waals surface area contributed by atoms with Crippen molar-refractivity contribution in [2.45, 2.75) is 32.0 Å². The Morgan fingerprint density at radius 1 is 1.30 bits per heavy atom. The molecule has 23 heavy (non-hydrogen) atoms. The van der Waals surface area contributed by atoms with Crippen molar-refractivity contribution in [3.05, 3.63) is 57.8 Å². The maximum absolute atomic E-state index is 13.0. The second kappa shape index (κ2) is 6.98. The van der Waals surface area contributed by atoms with E-state index in [0.29, 0.717) is 17.8 Å². The molecule has 6 heteroatoms. The first-order chi connectivity index (χ1) is 11.1. The first kappa shape index (κ1) is 16.4. The molecule has 2 unspecified atom stereocenters. The minimum absolute atomic E-state index is 0.0360. The van der Waals surface area contributed by atoms with E-state index in [4.69, 9.17) is 4.98 Å². The number of aromatic nitrogens is 3. The fourth-order valence-corrected chi connectivity index (χ4v) is 3.73. The van der Waals surface area contributed by atoms with Crippen molar-refractivity contribution in [2.75, 3.05) is 0 Å². The third-order valence-electron chi connectivity index (χ3n) is 3.96. The summed E-state index contributed by atoms with van der Waals surface area (Å²) in [5, 5.41) is 1.80. The van der Waals surface area contributed by atoms with Crippen molar-refractivity contribution in [1.29, 1.82) is 0 Å². The van der Waals surface area contributed by atoms with Gasteiger partial charge in [-0.25, -0.2) is 0 Å². The van der Waals surface area contributed by atoms with Gasteiger partial charge in [-0.1, -0.05) is 0 Å². The number of hydrogen-bond acceptors (Lipinski definition) is 4. The summed E-state index contributed by atoms with van der Waals surface area (Å²) >= 11 is 3.04. The molecule has 1 aromatic carbocycles. The van der Waals surface area contributed by atoms with E-state index in [1.807, 2.05) is 41.8 Å². The molecule has 3 aromatic rings. The fourth-order valence-electron chi connectivity index (χ4n) is 2.59. The van der Waals surface area contributed by atoms with Gasteiger partial charge >= 0.3 is 148 Å². The van der Waals surface area contributed by atoms with E-state index >= 15 is 0 Å². The van der Waals surface area contributed by atoms with Crippen LogP contribution in [0.2, 0.25) is 5.21 Å². The molecule has 2 atom stereocenters. The van der Waals surface area contributed by atoms with Crippen molar-refractivity contribution < 1.29 is 0 Å². The van der Waals surface area contributed by atoms with Gasteiger partial charge in [-0.2, -0.15) is 0 Å². The van der Waals surface area contributed by atoms with E-state index in [2.05, 4.69) is 11.3 Å². The molecule has 0 saturated heterocycles. The molecule has 0 amide bonds. The summed E-state index contributed by atoms with van der Waals surface area (Å²) in [6.45, 7) is 4.66. The Labute approximate surface area is 148 Å². The number of fused-ring (bicyclic) bond motifs is 1. The maximum atomic E-state index is 13.0. The molecule has 0 aliphatic rings. The summed E-state index contributed by atoms with van der Waals surface area (Å²) in [7, 11) is 0.